The third-order valence-electron chi connectivity index (χ3n) is 2.35. The summed E-state index contributed by atoms with van der Waals surface area (Å²) in [7, 11) is 0. The Labute approximate surface area is 139 Å². The molecular formula is C13H11IN2O2Pt. The van der Waals surface area contributed by atoms with Gasteiger partial charge in [-0.2, -0.15) is 0 Å². The molecule has 0 aliphatic heterocycles. The summed E-state index contributed by atoms with van der Waals surface area (Å²) in [4.78, 5) is 4.28. The van der Waals surface area contributed by atoms with Gasteiger partial charge in [-0.1, -0.05) is 0 Å². The van der Waals surface area contributed by atoms with Crippen molar-refractivity contribution in [2.45, 2.75) is 0 Å². The van der Waals surface area contributed by atoms with Crippen molar-refractivity contribution in [3.8, 4) is 11.5 Å². The second kappa shape index (κ2) is 7.50. The van der Waals surface area contributed by atoms with Gasteiger partial charge in [0.2, 0.25) is 0 Å². The fourth-order valence-electron chi connectivity index (χ4n) is 1.40. The van der Waals surface area contributed by atoms with Crippen LogP contribution in [0.3, 0.4) is 0 Å². The Kier molecular flexibility index (Phi) is 6.31. The smallest absolute Gasteiger partial charge is 0.192 e. The molecule has 19 heavy (non-hydrogen) atoms. The molecule has 0 aromatic heterocycles. The summed E-state index contributed by atoms with van der Waals surface area (Å²) < 4.78 is 5.03. The van der Waals surface area contributed by atoms with E-state index < -0.39 is 0 Å². The molecule has 0 saturated heterocycles. The molecule has 6 heteroatoms. The number of halogens is 1. The van der Waals surface area contributed by atoms with Crippen molar-refractivity contribution in [2.75, 3.05) is 5.73 Å². The molecule has 0 aliphatic carbocycles. The first-order valence-electron chi connectivity index (χ1n) is 5.20. The Morgan fingerprint density at radius 2 is 1.84 bits per heavy atom. The second-order valence-corrected chi connectivity index (χ2v) is 4.08. The number of aromatic hydroxyl groups is 1. The summed E-state index contributed by atoms with van der Waals surface area (Å²) in [5, 5.41) is 9.37. The average molecular weight is 549 g/mol. The van der Waals surface area contributed by atoms with Crippen molar-refractivity contribution in [3.63, 3.8) is 0 Å². The van der Waals surface area contributed by atoms with Crippen LogP contribution in [0.25, 0.3) is 0 Å². The monoisotopic (exact) mass is 549 g/mol. The standard InChI is InChI=1S/C13H11IN2O2.Pt/c14-18-12-4-1-10(2-5-12)16-8-9-7-11(17)3-6-13(9)15;/h1-8,17H,15H2;. The molecule has 0 radical (unpaired) electrons. The van der Waals surface area contributed by atoms with Crippen LogP contribution < -0.4 is 8.80 Å². The summed E-state index contributed by atoms with van der Waals surface area (Å²) in [6.07, 6.45) is 1.62. The molecule has 0 saturated carbocycles. The van der Waals surface area contributed by atoms with Crippen LogP contribution >= 0.6 is 23.0 Å². The van der Waals surface area contributed by atoms with E-state index in [4.69, 9.17) is 8.80 Å². The molecule has 3 N–H and O–H groups in total. The second-order valence-electron chi connectivity index (χ2n) is 3.64. The van der Waals surface area contributed by atoms with Crippen LogP contribution in [0.15, 0.2) is 47.5 Å². The van der Waals surface area contributed by atoms with E-state index in [1.807, 2.05) is 47.3 Å². The Balaban J connectivity index is 0.00000180. The number of hydrogen-bond donors (Lipinski definition) is 2. The number of anilines is 1. The van der Waals surface area contributed by atoms with Gasteiger partial charge < -0.3 is 13.9 Å². The van der Waals surface area contributed by atoms with Crippen LogP contribution in [0.4, 0.5) is 11.4 Å². The molecule has 0 atom stereocenters. The van der Waals surface area contributed by atoms with Gasteiger partial charge in [0.1, 0.15) is 11.5 Å². The molecule has 2 rings (SSSR count). The SMILES string of the molecule is Nc1ccc(O)cc1C=Nc1ccc(OI)cc1.[Pt]. The van der Waals surface area contributed by atoms with E-state index in [1.165, 1.54) is 0 Å². The largest absolute Gasteiger partial charge is 0.508 e. The van der Waals surface area contributed by atoms with Gasteiger partial charge in [-0.05, 0) is 42.5 Å². The quantitative estimate of drug-likeness (QED) is 0.267. The zero-order chi connectivity index (χ0) is 13.0. The normalized spacial score (nSPS) is 10.2. The van der Waals surface area contributed by atoms with Gasteiger partial charge in [0.15, 0.2) is 23.0 Å². The Morgan fingerprint density at radius 3 is 2.47 bits per heavy atom. The van der Waals surface area contributed by atoms with Crippen molar-refractivity contribution in [1.82, 2.24) is 0 Å². The molecule has 0 unspecified atom stereocenters. The number of phenols is 1. The van der Waals surface area contributed by atoms with E-state index in [0.29, 0.717) is 11.3 Å². The number of hydrogen-bond acceptors (Lipinski definition) is 4. The molecule has 0 spiro atoms. The van der Waals surface area contributed by atoms with E-state index in [-0.39, 0.29) is 26.8 Å². The molecule has 0 heterocycles. The molecule has 0 amide bonds. The molecule has 2 aromatic carbocycles. The van der Waals surface area contributed by atoms with Crippen LogP contribution in [0.1, 0.15) is 5.56 Å². The molecule has 0 aliphatic rings. The molecule has 0 bridgehead atoms. The van der Waals surface area contributed by atoms with Crippen molar-refractivity contribution in [1.29, 1.82) is 0 Å². The summed E-state index contributed by atoms with van der Waals surface area (Å²) in [5.41, 5.74) is 7.82. The first kappa shape index (κ1) is 16.0. The Hall–Kier alpha value is -1.07. The molecule has 0 fully saturated rings. The molecule has 2 aromatic rings. The fourth-order valence-corrected chi connectivity index (χ4v) is 1.70. The number of phenolic OH excluding ortho intramolecular Hbond substituents is 1. The van der Waals surface area contributed by atoms with Gasteiger partial charge >= 0.3 is 0 Å². The van der Waals surface area contributed by atoms with Gasteiger partial charge in [-0.25, -0.2) is 0 Å². The first-order chi connectivity index (χ1) is 8.69. The van der Waals surface area contributed by atoms with Crippen LogP contribution in [0.2, 0.25) is 0 Å². The third-order valence-corrected chi connectivity index (χ3v) is 2.86. The fraction of sp³-hybridized carbons (Fsp3) is 0. The zero-order valence-corrected chi connectivity index (χ0v) is 14.1. The molecule has 4 nitrogen and oxygen atoms in total. The van der Waals surface area contributed by atoms with Gasteiger partial charge in [0.05, 0.1) is 5.69 Å². The maximum Gasteiger partial charge on any atom is 0.192 e. The Bertz CT molecular complexity index is 573. The topological polar surface area (TPSA) is 67.8 Å². The number of nitrogens with zero attached hydrogens (tertiary/aromatic N) is 1. The van der Waals surface area contributed by atoms with E-state index >= 15 is 0 Å². The molecule has 102 valence electrons. The van der Waals surface area contributed by atoms with Gasteiger partial charge in [0.25, 0.3) is 0 Å². The van der Waals surface area contributed by atoms with E-state index in [1.54, 1.807) is 24.4 Å². The maximum atomic E-state index is 9.37. The predicted molar refractivity (Wildman–Crippen MR) is 80.9 cm³/mol. The van der Waals surface area contributed by atoms with Crippen molar-refractivity contribution >= 4 is 40.6 Å². The summed E-state index contributed by atoms with van der Waals surface area (Å²) in [5.74, 6) is 0.936. The number of nitrogen functional groups attached to an aromatic ring is 1. The zero-order valence-electron chi connectivity index (χ0n) is 9.69. The number of benzene rings is 2. The van der Waals surface area contributed by atoms with Gasteiger partial charge in [-0.15, -0.1) is 0 Å². The minimum absolute atomic E-state index is 0. The van der Waals surface area contributed by atoms with Crippen LogP contribution in [-0.2, 0) is 21.1 Å². The summed E-state index contributed by atoms with van der Waals surface area (Å²) in [6, 6.07) is 12.1. The van der Waals surface area contributed by atoms with E-state index in [0.717, 1.165) is 11.4 Å². The predicted octanol–water partition coefficient (Wildman–Crippen LogP) is 3.45. The van der Waals surface area contributed by atoms with Crippen molar-refractivity contribution < 1.29 is 29.2 Å². The minimum atomic E-state index is 0. The third kappa shape index (κ3) is 4.51. The van der Waals surface area contributed by atoms with E-state index in [2.05, 4.69) is 4.99 Å². The van der Waals surface area contributed by atoms with Crippen LogP contribution in [-0.4, -0.2) is 11.3 Å². The number of aliphatic imine (C=N–C) groups is 1. The maximum absolute atomic E-state index is 9.37. The first-order valence-corrected chi connectivity index (χ1v) is 6.08. The van der Waals surface area contributed by atoms with E-state index in [9.17, 15) is 5.11 Å². The summed E-state index contributed by atoms with van der Waals surface area (Å²) >= 11 is 1.82. The number of rotatable bonds is 3. The van der Waals surface area contributed by atoms with Crippen LogP contribution in [0.5, 0.6) is 11.5 Å². The van der Waals surface area contributed by atoms with Crippen molar-refractivity contribution in [2.24, 2.45) is 4.99 Å². The summed E-state index contributed by atoms with van der Waals surface area (Å²) in [6.45, 7) is 0. The van der Waals surface area contributed by atoms with Crippen molar-refractivity contribution in [3.05, 3.63) is 48.0 Å². The van der Waals surface area contributed by atoms with Crippen LogP contribution in [0, 0.1) is 0 Å². The Morgan fingerprint density at radius 1 is 1.16 bits per heavy atom. The van der Waals surface area contributed by atoms with Gasteiger partial charge in [0, 0.05) is 38.5 Å². The minimum Gasteiger partial charge on any atom is -0.508 e. The molecular weight excluding hydrogens is 538 g/mol. The number of nitrogens with two attached hydrogens (primary N) is 1. The average Bonchev–Trinajstić information content (AvgIpc) is 2.40. The van der Waals surface area contributed by atoms with Gasteiger partial charge in [-0.3, -0.25) is 4.99 Å².